The fourth-order valence-electron chi connectivity index (χ4n) is 3.43. The number of aryl methyl sites for hydroxylation is 2. The number of rotatable bonds is 8. The maximum Gasteiger partial charge on any atom is 0.233 e. The first-order chi connectivity index (χ1) is 15.5. The minimum absolute atomic E-state index is 0.000896. The molecule has 4 rings (SSSR count). The Kier molecular flexibility index (Phi) is 6.65. The number of nitrogens with one attached hydrogen (secondary N) is 1. The summed E-state index contributed by atoms with van der Waals surface area (Å²) in [6, 6.07) is 11.7. The van der Waals surface area contributed by atoms with Crippen molar-refractivity contribution in [2.24, 2.45) is 7.05 Å². The van der Waals surface area contributed by atoms with E-state index in [1.807, 2.05) is 60.8 Å². The van der Waals surface area contributed by atoms with E-state index in [0.717, 1.165) is 34.0 Å². The molecule has 0 aliphatic carbocycles. The van der Waals surface area contributed by atoms with E-state index in [1.54, 1.807) is 24.7 Å². The summed E-state index contributed by atoms with van der Waals surface area (Å²) in [4.78, 5) is 31.3. The number of amides is 1. The SMILES string of the molecule is Cc1nn(C)c(C)c1CN(Cc1cnc(-c2ccccc2)[nH]1)C(=O)CSc1ncccn1. The van der Waals surface area contributed by atoms with Gasteiger partial charge in [0.1, 0.15) is 5.82 Å². The minimum atomic E-state index is 0.000896. The zero-order chi connectivity index (χ0) is 22.5. The molecule has 8 nitrogen and oxygen atoms in total. The molecule has 0 spiro atoms. The molecule has 0 radical (unpaired) electrons. The van der Waals surface area contributed by atoms with Gasteiger partial charge in [-0.3, -0.25) is 9.48 Å². The van der Waals surface area contributed by atoms with Crippen molar-refractivity contribution in [1.29, 1.82) is 0 Å². The fraction of sp³-hybridized carbons (Fsp3) is 0.261. The first-order valence-corrected chi connectivity index (χ1v) is 11.3. The Balaban J connectivity index is 1.54. The summed E-state index contributed by atoms with van der Waals surface area (Å²) < 4.78 is 1.85. The normalized spacial score (nSPS) is 11.0. The number of hydrogen-bond acceptors (Lipinski definition) is 6. The molecule has 0 aliphatic rings. The lowest BCUT2D eigenvalue weighted by Crippen LogP contribution is -2.32. The molecule has 1 N–H and O–H groups in total. The van der Waals surface area contributed by atoms with Crippen LogP contribution in [0, 0.1) is 13.8 Å². The number of aromatic nitrogens is 6. The van der Waals surface area contributed by atoms with Crippen molar-refractivity contribution in [3.05, 3.63) is 77.6 Å². The molecule has 0 unspecified atom stereocenters. The molecule has 1 amide bonds. The number of aromatic amines is 1. The zero-order valence-corrected chi connectivity index (χ0v) is 19.1. The molecule has 9 heteroatoms. The van der Waals surface area contributed by atoms with Gasteiger partial charge in [-0.25, -0.2) is 15.0 Å². The van der Waals surface area contributed by atoms with Gasteiger partial charge in [-0.2, -0.15) is 5.10 Å². The summed E-state index contributed by atoms with van der Waals surface area (Å²) in [5.41, 5.74) is 4.92. The highest BCUT2D eigenvalue weighted by Crippen LogP contribution is 2.20. The average Bonchev–Trinajstić information content (AvgIpc) is 3.38. The van der Waals surface area contributed by atoms with E-state index < -0.39 is 0 Å². The highest BCUT2D eigenvalue weighted by Gasteiger charge is 2.20. The fourth-order valence-corrected chi connectivity index (χ4v) is 4.14. The lowest BCUT2D eigenvalue weighted by molar-refractivity contribution is -0.129. The van der Waals surface area contributed by atoms with Gasteiger partial charge in [-0.15, -0.1) is 0 Å². The number of carbonyl (C=O) groups is 1. The number of imidazole rings is 1. The molecule has 0 saturated heterocycles. The molecule has 0 atom stereocenters. The van der Waals surface area contributed by atoms with Crippen LogP contribution in [0.1, 0.15) is 22.6 Å². The topological polar surface area (TPSA) is 92.6 Å². The molecule has 1 aromatic carbocycles. The first-order valence-electron chi connectivity index (χ1n) is 10.3. The third-order valence-electron chi connectivity index (χ3n) is 5.26. The first kappa shape index (κ1) is 21.8. The summed E-state index contributed by atoms with van der Waals surface area (Å²) in [6.07, 6.45) is 5.14. The quantitative estimate of drug-likeness (QED) is 0.328. The van der Waals surface area contributed by atoms with Crippen molar-refractivity contribution in [2.75, 3.05) is 5.75 Å². The minimum Gasteiger partial charge on any atom is -0.340 e. The van der Waals surface area contributed by atoms with Crippen molar-refractivity contribution in [3.8, 4) is 11.4 Å². The van der Waals surface area contributed by atoms with Crippen molar-refractivity contribution >= 4 is 17.7 Å². The Morgan fingerprint density at radius 2 is 1.81 bits per heavy atom. The van der Waals surface area contributed by atoms with Crippen LogP contribution in [0.3, 0.4) is 0 Å². The Morgan fingerprint density at radius 1 is 1.06 bits per heavy atom. The van der Waals surface area contributed by atoms with Gasteiger partial charge >= 0.3 is 0 Å². The van der Waals surface area contributed by atoms with Gasteiger partial charge in [0.25, 0.3) is 0 Å². The average molecular weight is 448 g/mol. The molecule has 0 aliphatic heterocycles. The van der Waals surface area contributed by atoms with E-state index in [9.17, 15) is 4.79 Å². The Labute approximate surface area is 191 Å². The number of carbonyl (C=O) groups excluding carboxylic acids is 1. The van der Waals surface area contributed by atoms with Gasteiger partial charge < -0.3 is 9.88 Å². The zero-order valence-electron chi connectivity index (χ0n) is 18.3. The van der Waals surface area contributed by atoms with E-state index in [4.69, 9.17) is 0 Å². The van der Waals surface area contributed by atoms with Crippen LogP contribution in [0.4, 0.5) is 0 Å². The van der Waals surface area contributed by atoms with Crippen molar-refractivity contribution in [1.82, 2.24) is 34.6 Å². The molecular formula is C23H25N7OS. The number of hydrogen-bond donors (Lipinski definition) is 1. The van der Waals surface area contributed by atoms with Crippen LogP contribution >= 0.6 is 11.8 Å². The molecule has 3 aromatic heterocycles. The van der Waals surface area contributed by atoms with Gasteiger partial charge in [-0.05, 0) is 19.9 Å². The lowest BCUT2D eigenvalue weighted by atomic mass is 10.2. The number of benzene rings is 1. The molecule has 0 saturated carbocycles. The summed E-state index contributed by atoms with van der Waals surface area (Å²) >= 11 is 1.33. The van der Waals surface area contributed by atoms with Crippen LogP contribution in [0.5, 0.6) is 0 Å². The van der Waals surface area contributed by atoms with Gasteiger partial charge in [-0.1, -0.05) is 42.1 Å². The van der Waals surface area contributed by atoms with Crippen molar-refractivity contribution in [3.63, 3.8) is 0 Å². The third kappa shape index (κ3) is 5.05. The summed E-state index contributed by atoms with van der Waals surface area (Å²) in [7, 11) is 1.92. The molecule has 4 aromatic rings. The number of thioether (sulfide) groups is 1. The van der Waals surface area contributed by atoms with Crippen LogP contribution < -0.4 is 0 Å². The van der Waals surface area contributed by atoms with E-state index in [-0.39, 0.29) is 11.7 Å². The van der Waals surface area contributed by atoms with Crippen molar-refractivity contribution < 1.29 is 4.79 Å². The predicted octanol–water partition coefficient (Wildman–Crippen LogP) is 3.54. The molecule has 3 heterocycles. The van der Waals surface area contributed by atoms with Gasteiger partial charge in [0.05, 0.1) is 29.9 Å². The maximum absolute atomic E-state index is 13.2. The van der Waals surface area contributed by atoms with Crippen LogP contribution in [0.2, 0.25) is 0 Å². The van der Waals surface area contributed by atoms with Gasteiger partial charge in [0.2, 0.25) is 5.91 Å². The van der Waals surface area contributed by atoms with Crippen molar-refractivity contribution in [2.45, 2.75) is 32.1 Å². The van der Waals surface area contributed by atoms with Gasteiger partial charge in [0, 0.05) is 42.8 Å². The second-order valence-corrected chi connectivity index (χ2v) is 8.41. The monoisotopic (exact) mass is 447 g/mol. The third-order valence-corrected chi connectivity index (χ3v) is 6.12. The second-order valence-electron chi connectivity index (χ2n) is 7.47. The molecule has 164 valence electrons. The van der Waals surface area contributed by atoms with E-state index in [0.29, 0.717) is 18.2 Å². The summed E-state index contributed by atoms with van der Waals surface area (Å²) in [5.74, 6) is 1.04. The van der Waals surface area contributed by atoms with E-state index in [1.165, 1.54) is 11.8 Å². The molecule has 0 bridgehead atoms. The number of H-pyrrole nitrogens is 1. The molecular weight excluding hydrogens is 422 g/mol. The summed E-state index contributed by atoms with van der Waals surface area (Å²) in [5, 5.41) is 5.09. The Bertz CT molecular complexity index is 1190. The lowest BCUT2D eigenvalue weighted by Gasteiger charge is -2.22. The highest BCUT2D eigenvalue weighted by molar-refractivity contribution is 7.99. The van der Waals surface area contributed by atoms with Gasteiger partial charge in [0.15, 0.2) is 5.16 Å². The standard InChI is InChI=1S/C23H25N7OS/c1-16-20(17(2)29(3)28-16)14-30(21(31)15-32-23-24-10-7-11-25-23)13-19-12-26-22(27-19)18-8-5-4-6-9-18/h4-12H,13-15H2,1-3H3,(H,26,27). The maximum atomic E-state index is 13.2. The van der Waals surface area contributed by atoms with E-state index >= 15 is 0 Å². The van der Waals surface area contributed by atoms with Crippen LogP contribution in [0.25, 0.3) is 11.4 Å². The number of nitrogens with zero attached hydrogens (tertiary/aromatic N) is 6. The second kappa shape index (κ2) is 9.78. The Hall–Kier alpha value is -3.46. The largest absolute Gasteiger partial charge is 0.340 e. The molecule has 0 fully saturated rings. The predicted molar refractivity (Wildman–Crippen MR) is 124 cm³/mol. The Morgan fingerprint density at radius 3 is 2.50 bits per heavy atom. The smallest absolute Gasteiger partial charge is 0.233 e. The van der Waals surface area contributed by atoms with E-state index in [2.05, 4.69) is 25.0 Å². The highest BCUT2D eigenvalue weighted by atomic mass is 32.2. The summed E-state index contributed by atoms with van der Waals surface area (Å²) in [6.45, 7) is 4.89. The van der Waals surface area contributed by atoms with Crippen LogP contribution in [-0.4, -0.2) is 46.3 Å². The molecule has 32 heavy (non-hydrogen) atoms. The van der Waals surface area contributed by atoms with Crippen LogP contribution in [0.15, 0.2) is 60.1 Å². The van der Waals surface area contributed by atoms with Crippen LogP contribution in [-0.2, 0) is 24.9 Å².